The quantitative estimate of drug-likeness (QED) is 0.575. The van der Waals surface area contributed by atoms with Gasteiger partial charge in [-0.2, -0.15) is 0 Å². The number of nitrogens with one attached hydrogen (secondary N) is 1. The molecular formula is C14H19ClFNO. The number of ether oxygens (including phenoxy) is 1. The van der Waals surface area contributed by atoms with Gasteiger partial charge in [0.05, 0.1) is 13.2 Å². The van der Waals surface area contributed by atoms with Crippen molar-refractivity contribution >= 4 is 11.6 Å². The molecule has 0 aliphatic rings. The van der Waals surface area contributed by atoms with E-state index in [0.717, 1.165) is 18.5 Å². The molecule has 0 radical (unpaired) electrons. The van der Waals surface area contributed by atoms with Gasteiger partial charge in [-0.1, -0.05) is 23.7 Å². The van der Waals surface area contributed by atoms with E-state index in [-0.39, 0.29) is 11.9 Å². The molecule has 0 saturated heterocycles. The van der Waals surface area contributed by atoms with Crippen LogP contribution in [0.4, 0.5) is 4.39 Å². The van der Waals surface area contributed by atoms with E-state index < -0.39 is 0 Å². The summed E-state index contributed by atoms with van der Waals surface area (Å²) >= 11 is 5.98. The van der Waals surface area contributed by atoms with E-state index in [1.807, 2.05) is 13.0 Å². The van der Waals surface area contributed by atoms with Crippen molar-refractivity contribution in [3.63, 3.8) is 0 Å². The molecule has 0 heterocycles. The smallest absolute Gasteiger partial charge is 0.124 e. The standard InChI is InChI=1S/C14H19ClFNO/c1-3-4-8-18-9-7-17-11(2)13-6-5-12(16)10-14(13)15/h3,5-6,10-11,17H,1,4,7-9H2,2H3. The summed E-state index contributed by atoms with van der Waals surface area (Å²) in [4.78, 5) is 0. The Morgan fingerprint density at radius 2 is 2.28 bits per heavy atom. The average Bonchev–Trinajstić information content (AvgIpc) is 2.33. The van der Waals surface area contributed by atoms with Crippen molar-refractivity contribution < 1.29 is 9.13 Å². The Balaban J connectivity index is 2.31. The minimum absolute atomic E-state index is 0.0705. The van der Waals surface area contributed by atoms with Crippen molar-refractivity contribution in [1.29, 1.82) is 0 Å². The van der Waals surface area contributed by atoms with Crippen molar-refractivity contribution in [2.24, 2.45) is 0 Å². The first-order valence-corrected chi connectivity index (χ1v) is 6.40. The lowest BCUT2D eigenvalue weighted by molar-refractivity contribution is 0.138. The van der Waals surface area contributed by atoms with Gasteiger partial charge in [0.15, 0.2) is 0 Å². The predicted octanol–water partition coefficient (Wildman–Crippen LogP) is 3.72. The van der Waals surface area contributed by atoms with Crippen molar-refractivity contribution in [2.45, 2.75) is 19.4 Å². The Bertz CT molecular complexity index is 384. The molecular weight excluding hydrogens is 253 g/mol. The maximum atomic E-state index is 12.9. The normalized spacial score (nSPS) is 12.4. The number of hydrogen-bond donors (Lipinski definition) is 1. The van der Waals surface area contributed by atoms with E-state index in [2.05, 4.69) is 11.9 Å². The van der Waals surface area contributed by atoms with Crippen LogP contribution in [-0.2, 0) is 4.74 Å². The summed E-state index contributed by atoms with van der Waals surface area (Å²) in [5.41, 5.74) is 0.893. The van der Waals surface area contributed by atoms with Gasteiger partial charge in [0.25, 0.3) is 0 Å². The van der Waals surface area contributed by atoms with Gasteiger partial charge in [0, 0.05) is 17.6 Å². The van der Waals surface area contributed by atoms with E-state index in [1.165, 1.54) is 12.1 Å². The molecule has 0 aromatic heterocycles. The molecule has 1 aromatic carbocycles. The highest BCUT2D eigenvalue weighted by Gasteiger charge is 2.09. The van der Waals surface area contributed by atoms with E-state index in [4.69, 9.17) is 16.3 Å². The maximum absolute atomic E-state index is 12.9. The first kappa shape index (κ1) is 15.2. The van der Waals surface area contributed by atoms with Crippen molar-refractivity contribution in [3.8, 4) is 0 Å². The summed E-state index contributed by atoms with van der Waals surface area (Å²) in [6.07, 6.45) is 2.69. The van der Waals surface area contributed by atoms with Crippen LogP contribution in [0.2, 0.25) is 5.02 Å². The lowest BCUT2D eigenvalue weighted by Crippen LogP contribution is -2.23. The largest absolute Gasteiger partial charge is 0.380 e. The molecule has 0 bridgehead atoms. The highest BCUT2D eigenvalue weighted by Crippen LogP contribution is 2.23. The molecule has 100 valence electrons. The molecule has 1 atom stereocenters. The molecule has 0 fully saturated rings. The first-order valence-electron chi connectivity index (χ1n) is 6.02. The third-order valence-corrected chi connectivity index (χ3v) is 2.92. The molecule has 1 unspecified atom stereocenters. The van der Waals surface area contributed by atoms with Gasteiger partial charge in [-0.3, -0.25) is 0 Å². The van der Waals surface area contributed by atoms with Gasteiger partial charge in [-0.25, -0.2) is 4.39 Å². The molecule has 1 N–H and O–H groups in total. The molecule has 0 saturated carbocycles. The lowest BCUT2D eigenvalue weighted by atomic mass is 10.1. The second-order valence-electron chi connectivity index (χ2n) is 4.03. The maximum Gasteiger partial charge on any atom is 0.124 e. The number of halogens is 2. The molecule has 0 aliphatic carbocycles. The van der Waals surface area contributed by atoms with E-state index >= 15 is 0 Å². The van der Waals surface area contributed by atoms with Crippen LogP contribution >= 0.6 is 11.6 Å². The van der Waals surface area contributed by atoms with Gasteiger partial charge in [0.1, 0.15) is 5.82 Å². The predicted molar refractivity (Wildman–Crippen MR) is 73.5 cm³/mol. The van der Waals surface area contributed by atoms with Crippen LogP contribution in [0.5, 0.6) is 0 Å². The molecule has 1 rings (SSSR count). The summed E-state index contributed by atoms with van der Waals surface area (Å²) in [6.45, 7) is 7.67. The lowest BCUT2D eigenvalue weighted by Gasteiger charge is -2.15. The Hall–Kier alpha value is -0.900. The topological polar surface area (TPSA) is 21.3 Å². The van der Waals surface area contributed by atoms with Gasteiger partial charge in [-0.05, 0) is 31.0 Å². The molecule has 0 aliphatic heterocycles. The van der Waals surface area contributed by atoms with Gasteiger partial charge in [0.2, 0.25) is 0 Å². The molecule has 18 heavy (non-hydrogen) atoms. The summed E-state index contributed by atoms with van der Waals surface area (Å²) in [5, 5.41) is 3.73. The van der Waals surface area contributed by atoms with Crippen LogP contribution in [-0.4, -0.2) is 19.8 Å². The number of benzene rings is 1. The van der Waals surface area contributed by atoms with E-state index in [9.17, 15) is 4.39 Å². The zero-order chi connectivity index (χ0) is 13.4. The molecule has 2 nitrogen and oxygen atoms in total. The molecule has 1 aromatic rings. The Kier molecular flexibility index (Phi) is 6.94. The Morgan fingerprint density at radius 3 is 2.94 bits per heavy atom. The zero-order valence-corrected chi connectivity index (χ0v) is 11.3. The molecule has 0 spiro atoms. The van der Waals surface area contributed by atoms with Crippen molar-refractivity contribution in [3.05, 3.63) is 47.3 Å². The zero-order valence-electron chi connectivity index (χ0n) is 10.6. The number of rotatable bonds is 8. The minimum atomic E-state index is -0.316. The van der Waals surface area contributed by atoms with Crippen LogP contribution in [0.15, 0.2) is 30.9 Å². The van der Waals surface area contributed by atoms with Crippen LogP contribution in [0.3, 0.4) is 0 Å². The molecule has 0 amide bonds. The highest BCUT2D eigenvalue weighted by atomic mass is 35.5. The van der Waals surface area contributed by atoms with Gasteiger partial charge >= 0.3 is 0 Å². The first-order chi connectivity index (χ1) is 8.65. The van der Waals surface area contributed by atoms with Crippen molar-refractivity contribution in [1.82, 2.24) is 5.32 Å². The van der Waals surface area contributed by atoms with Crippen LogP contribution in [0.1, 0.15) is 24.9 Å². The average molecular weight is 272 g/mol. The third kappa shape index (κ3) is 5.17. The summed E-state index contributed by atoms with van der Waals surface area (Å²) < 4.78 is 18.3. The summed E-state index contributed by atoms with van der Waals surface area (Å²) in [5.74, 6) is -0.316. The minimum Gasteiger partial charge on any atom is -0.380 e. The Morgan fingerprint density at radius 1 is 1.50 bits per heavy atom. The SMILES string of the molecule is C=CCCOCCNC(C)c1ccc(F)cc1Cl. The summed E-state index contributed by atoms with van der Waals surface area (Å²) in [6, 6.07) is 4.52. The second-order valence-corrected chi connectivity index (χ2v) is 4.44. The van der Waals surface area contributed by atoms with Crippen LogP contribution in [0.25, 0.3) is 0 Å². The second kappa shape index (κ2) is 8.25. The fraction of sp³-hybridized carbons (Fsp3) is 0.429. The summed E-state index contributed by atoms with van der Waals surface area (Å²) in [7, 11) is 0. The monoisotopic (exact) mass is 271 g/mol. The van der Waals surface area contributed by atoms with Gasteiger partial charge in [-0.15, -0.1) is 6.58 Å². The number of hydrogen-bond acceptors (Lipinski definition) is 2. The fourth-order valence-corrected chi connectivity index (χ4v) is 1.91. The highest BCUT2D eigenvalue weighted by molar-refractivity contribution is 6.31. The fourth-order valence-electron chi connectivity index (χ4n) is 1.58. The molecule has 4 heteroatoms. The van der Waals surface area contributed by atoms with E-state index in [1.54, 1.807) is 6.07 Å². The van der Waals surface area contributed by atoms with Gasteiger partial charge < -0.3 is 10.1 Å². The third-order valence-electron chi connectivity index (χ3n) is 2.59. The van der Waals surface area contributed by atoms with Crippen LogP contribution < -0.4 is 5.32 Å². The Labute approximate surface area is 113 Å². The van der Waals surface area contributed by atoms with Crippen LogP contribution in [0, 0.1) is 5.82 Å². The van der Waals surface area contributed by atoms with Crippen molar-refractivity contribution in [2.75, 3.05) is 19.8 Å². The van der Waals surface area contributed by atoms with E-state index in [0.29, 0.717) is 18.2 Å².